The number of nitrogens with one attached hydrogen (secondary N) is 1. The summed E-state index contributed by atoms with van der Waals surface area (Å²) >= 11 is 0. The molecule has 0 unspecified atom stereocenters. The Morgan fingerprint density at radius 1 is 1.00 bits per heavy atom. The van der Waals surface area contributed by atoms with Crippen molar-refractivity contribution in [3.63, 3.8) is 0 Å². The van der Waals surface area contributed by atoms with Crippen LogP contribution in [-0.4, -0.2) is 31.1 Å². The number of pyridine rings is 1. The molecule has 4 rings (SSSR count). The Bertz CT molecular complexity index is 1240. The minimum Gasteiger partial charge on any atom is -0.481 e. The maximum absolute atomic E-state index is 13.0. The minimum absolute atomic E-state index is 0.0892. The molecule has 0 radical (unpaired) electrons. The molecule has 1 aliphatic rings. The number of nitrogens with zero attached hydrogens (tertiary/aromatic N) is 3. The van der Waals surface area contributed by atoms with Crippen molar-refractivity contribution in [2.45, 2.75) is 51.3 Å². The van der Waals surface area contributed by atoms with Crippen LogP contribution in [0.1, 0.15) is 49.6 Å². The average Bonchev–Trinajstić information content (AvgIpc) is 2.83. The number of carbonyl (C=O) groups is 1. The van der Waals surface area contributed by atoms with Crippen LogP contribution >= 0.6 is 0 Å². The third-order valence-electron chi connectivity index (χ3n) is 6.77. The van der Waals surface area contributed by atoms with Crippen molar-refractivity contribution in [3.05, 3.63) is 65.7 Å². The van der Waals surface area contributed by atoms with Gasteiger partial charge in [0.25, 0.3) is 0 Å². The third-order valence-corrected chi connectivity index (χ3v) is 6.77. The Morgan fingerprint density at radius 3 is 2.33 bits per heavy atom. The largest absolute Gasteiger partial charge is 0.481 e. The minimum atomic E-state index is -4.57. The number of carboxylic acids is 1. The standard InChI is InChI=1S/C26H27F3N4O3/c1-15-11-18(13-20(12-15)32-24-30-10-9-22(33-24)26(27,28)29)17-5-8-21(31-14-17)25(2,36)19-6-3-16(4-7-19)23(34)35/h5,8-14,16,19,36H,3-4,6-7H2,1-2H3,(H,34,35)(H,30,32,33)/t16-,19-,25-/m0/s1. The van der Waals surface area contributed by atoms with Gasteiger partial charge in [-0.05, 0) is 80.8 Å². The summed E-state index contributed by atoms with van der Waals surface area (Å²) in [7, 11) is 0. The molecule has 0 bridgehead atoms. The molecule has 1 atom stereocenters. The van der Waals surface area contributed by atoms with Crippen LogP contribution in [0.25, 0.3) is 11.1 Å². The van der Waals surface area contributed by atoms with Gasteiger partial charge in [-0.3, -0.25) is 9.78 Å². The fourth-order valence-electron chi connectivity index (χ4n) is 4.70. The lowest BCUT2D eigenvalue weighted by Gasteiger charge is -2.36. The number of aliphatic hydroxyl groups is 1. The fraction of sp³-hybridized carbons (Fsp3) is 0.385. The van der Waals surface area contributed by atoms with Gasteiger partial charge in [-0.1, -0.05) is 12.1 Å². The first kappa shape index (κ1) is 25.6. The second-order valence-corrected chi connectivity index (χ2v) is 9.44. The summed E-state index contributed by atoms with van der Waals surface area (Å²) in [4.78, 5) is 23.2. The van der Waals surface area contributed by atoms with Crippen molar-refractivity contribution < 1.29 is 28.2 Å². The van der Waals surface area contributed by atoms with Crippen LogP contribution in [0, 0.1) is 18.8 Å². The average molecular weight is 501 g/mol. The molecule has 0 spiro atoms. The molecule has 1 saturated carbocycles. The number of rotatable bonds is 6. The molecule has 7 nitrogen and oxygen atoms in total. The van der Waals surface area contributed by atoms with Crippen LogP contribution in [0.5, 0.6) is 0 Å². The third kappa shape index (κ3) is 5.64. The van der Waals surface area contributed by atoms with E-state index >= 15 is 0 Å². The lowest BCUT2D eigenvalue weighted by molar-refractivity contribution is -0.144. The van der Waals surface area contributed by atoms with E-state index < -0.39 is 23.4 Å². The van der Waals surface area contributed by atoms with Crippen molar-refractivity contribution in [2.75, 3.05) is 5.32 Å². The van der Waals surface area contributed by atoms with E-state index in [1.807, 2.05) is 19.1 Å². The van der Waals surface area contributed by atoms with Crippen molar-refractivity contribution >= 4 is 17.6 Å². The highest BCUT2D eigenvalue weighted by Crippen LogP contribution is 2.40. The molecule has 3 N–H and O–H groups in total. The summed E-state index contributed by atoms with van der Waals surface area (Å²) in [6.45, 7) is 3.58. The predicted octanol–water partition coefficient (Wildman–Crippen LogP) is 5.71. The number of aryl methyl sites for hydroxylation is 1. The van der Waals surface area contributed by atoms with Crippen LogP contribution in [0.3, 0.4) is 0 Å². The van der Waals surface area contributed by atoms with Gasteiger partial charge >= 0.3 is 12.1 Å². The Morgan fingerprint density at radius 2 is 1.72 bits per heavy atom. The molecule has 1 fully saturated rings. The number of anilines is 2. The smallest absolute Gasteiger partial charge is 0.433 e. The lowest BCUT2D eigenvalue weighted by Crippen LogP contribution is -2.36. The molecule has 0 amide bonds. The van der Waals surface area contributed by atoms with Gasteiger partial charge in [0.15, 0.2) is 0 Å². The van der Waals surface area contributed by atoms with E-state index in [1.165, 1.54) is 0 Å². The van der Waals surface area contributed by atoms with E-state index in [1.54, 1.807) is 31.3 Å². The zero-order valence-corrected chi connectivity index (χ0v) is 19.9. The first-order valence-electron chi connectivity index (χ1n) is 11.6. The number of aliphatic carboxylic acids is 1. The monoisotopic (exact) mass is 500 g/mol. The summed E-state index contributed by atoms with van der Waals surface area (Å²) in [5.41, 5.74) is 1.22. The molecule has 3 aromatic rings. The second kappa shape index (κ2) is 9.85. The predicted molar refractivity (Wildman–Crippen MR) is 127 cm³/mol. The molecule has 1 aromatic carbocycles. The van der Waals surface area contributed by atoms with Crippen LogP contribution < -0.4 is 5.32 Å². The van der Waals surface area contributed by atoms with Gasteiger partial charge in [-0.2, -0.15) is 13.2 Å². The molecule has 2 aromatic heterocycles. The number of hydrogen-bond donors (Lipinski definition) is 3. The highest BCUT2D eigenvalue weighted by molar-refractivity contribution is 5.71. The lowest BCUT2D eigenvalue weighted by atomic mass is 9.73. The first-order valence-corrected chi connectivity index (χ1v) is 11.6. The maximum Gasteiger partial charge on any atom is 0.433 e. The normalized spacial score (nSPS) is 19.9. The van der Waals surface area contributed by atoms with Gasteiger partial charge in [-0.15, -0.1) is 0 Å². The van der Waals surface area contributed by atoms with E-state index in [4.69, 9.17) is 0 Å². The van der Waals surface area contributed by atoms with Gasteiger partial charge < -0.3 is 15.5 Å². The van der Waals surface area contributed by atoms with E-state index in [-0.39, 0.29) is 17.8 Å². The number of carboxylic acid groups (broad SMARTS) is 1. The zero-order valence-electron chi connectivity index (χ0n) is 19.9. The Hall–Kier alpha value is -3.53. The van der Waals surface area contributed by atoms with E-state index in [0.717, 1.165) is 29.0 Å². The summed E-state index contributed by atoms with van der Waals surface area (Å²) < 4.78 is 38.9. The van der Waals surface area contributed by atoms with Crippen LogP contribution in [0.15, 0.2) is 48.8 Å². The number of hydrogen-bond acceptors (Lipinski definition) is 6. The van der Waals surface area contributed by atoms with Gasteiger partial charge in [0.05, 0.1) is 11.6 Å². The quantitative estimate of drug-likeness (QED) is 0.398. The van der Waals surface area contributed by atoms with Gasteiger partial charge in [0.2, 0.25) is 5.95 Å². The van der Waals surface area contributed by atoms with Crippen molar-refractivity contribution in [2.24, 2.45) is 11.8 Å². The molecule has 0 aliphatic heterocycles. The van der Waals surface area contributed by atoms with Crippen LogP contribution in [0.2, 0.25) is 0 Å². The molecule has 1 aliphatic carbocycles. The number of benzene rings is 1. The van der Waals surface area contributed by atoms with E-state index in [9.17, 15) is 28.2 Å². The summed E-state index contributed by atoms with van der Waals surface area (Å²) in [5.74, 6) is -1.41. The summed E-state index contributed by atoms with van der Waals surface area (Å²) in [5, 5.41) is 23.3. The number of halogens is 3. The van der Waals surface area contributed by atoms with Crippen molar-refractivity contribution in [3.8, 4) is 11.1 Å². The second-order valence-electron chi connectivity index (χ2n) is 9.44. The number of aromatic nitrogens is 3. The Labute approximate surface area is 206 Å². The highest BCUT2D eigenvalue weighted by atomic mass is 19.4. The van der Waals surface area contributed by atoms with Crippen LogP contribution in [-0.2, 0) is 16.6 Å². The molecule has 190 valence electrons. The maximum atomic E-state index is 13.0. The number of alkyl halides is 3. The topological polar surface area (TPSA) is 108 Å². The first-order chi connectivity index (χ1) is 16.9. The SMILES string of the molecule is Cc1cc(Nc2nccc(C(F)(F)F)n2)cc(-c2ccc([C@@](C)(O)[C@H]3CC[C@H](C(=O)O)CC3)nc2)c1. The molecule has 2 heterocycles. The molecular formula is C26H27F3N4O3. The van der Waals surface area contributed by atoms with E-state index in [0.29, 0.717) is 37.1 Å². The highest BCUT2D eigenvalue weighted by Gasteiger charge is 2.39. The Kier molecular flexibility index (Phi) is 6.99. The van der Waals surface area contributed by atoms with E-state index in [2.05, 4.69) is 20.3 Å². The fourth-order valence-corrected chi connectivity index (χ4v) is 4.70. The molecule has 10 heteroatoms. The molecule has 0 saturated heterocycles. The van der Waals surface area contributed by atoms with Crippen LogP contribution in [0.4, 0.5) is 24.8 Å². The molecular weight excluding hydrogens is 473 g/mol. The summed E-state index contributed by atoms with van der Waals surface area (Å²) in [6.07, 6.45) is 0.409. The van der Waals surface area contributed by atoms with Crippen molar-refractivity contribution in [1.82, 2.24) is 15.0 Å². The summed E-state index contributed by atoms with van der Waals surface area (Å²) in [6, 6.07) is 9.85. The van der Waals surface area contributed by atoms with Crippen molar-refractivity contribution in [1.29, 1.82) is 0 Å². The Balaban J connectivity index is 1.52. The van der Waals surface area contributed by atoms with Gasteiger partial charge in [-0.25, -0.2) is 9.97 Å². The molecule has 36 heavy (non-hydrogen) atoms. The van der Waals surface area contributed by atoms with Gasteiger partial charge in [0.1, 0.15) is 11.3 Å². The van der Waals surface area contributed by atoms with Gasteiger partial charge in [0, 0.05) is 23.6 Å². The zero-order chi connectivity index (χ0) is 26.1.